The highest BCUT2D eigenvalue weighted by Gasteiger charge is 2.69. The molecule has 2 saturated heterocycles. The van der Waals surface area contributed by atoms with Gasteiger partial charge >= 0.3 is 5.97 Å². The summed E-state index contributed by atoms with van der Waals surface area (Å²) >= 11 is 0. The predicted octanol–water partition coefficient (Wildman–Crippen LogP) is -0.543. The van der Waals surface area contributed by atoms with Crippen molar-refractivity contribution in [1.82, 2.24) is 0 Å². The Hall–Kier alpha value is -1.29. The summed E-state index contributed by atoms with van der Waals surface area (Å²) in [6, 6.07) is 0.176. The summed E-state index contributed by atoms with van der Waals surface area (Å²) in [4.78, 5) is 14.8. The molecule has 3 fully saturated rings. The van der Waals surface area contributed by atoms with Crippen molar-refractivity contribution in [1.29, 1.82) is 0 Å². The number of quaternary nitrogens is 2. The molecule has 5 N–H and O–H groups in total. The Balaban J connectivity index is 1.49. The number of hydrogen-bond acceptors (Lipinski definition) is 6. The summed E-state index contributed by atoms with van der Waals surface area (Å²) < 4.78 is 18.6. The fourth-order valence-corrected chi connectivity index (χ4v) is 8.36. The maximum Gasteiger partial charge on any atom is 0.335 e. The fourth-order valence-electron chi connectivity index (χ4n) is 8.36. The van der Waals surface area contributed by atoms with Crippen molar-refractivity contribution in [3.05, 3.63) is 23.8 Å². The Morgan fingerprint density at radius 3 is 2.68 bits per heavy atom. The molecule has 5 aliphatic rings. The van der Waals surface area contributed by atoms with E-state index in [0.29, 0.717) is 6.42 Å². The molecule has 1 saturated carbocycles. The highest BCUT2D eigenvalue weighted by atomic mass is 16.6. The minimum atomic E-state index is -0.821. The van der Waals surface area contributed by atoms with Gasteiger partial charge in [-0.3, -0.25) is 0 Å². The van der Waals surface area contributed by atoms with Gasteiger partial charge in [0.25, 0.3) is 0 Å². The number of ether oxygens (including phenoxy) is 3. The van der Waals surface area contributed by atoms with Crippen molar-refractivity contribution in [3.8, 4) is 0 Å². The molecule has 1 spiro atoms. The van der Waals surface area contributed by atoms with Crippen LogP contribution in [0.25, 0.3) is 0 Å². The van der Waals surface area contributed by atoms with Gasteiger partial charge in [0, 0.05) is 49.5 Å². The minimum Gasteiger partial charge on any atom is -0.457 e. The summed E-state index contributed by atoms with van der Waals surface area (Å²) in [5, 5.41) is 24.7. The summed E-state index contributed by atoms with van der Waals surface area (Å²) in [6.45, 7) is 12.6. The number of nitrogens with two attached hydrogens (primary N) is 1. The van der Waals surface area contributed by atoms with Crippen LogP contribution in [0.4, 0.5) is 0 Å². The molecule has 3 heterocycles. The van der Waals surface area contributed by atoms with Crippen molar-refractivity contribution in [3.63, 3.8) is 0 Å². The lowest BCUT2D eigenvalue weighted by Gasteiger charge is -2.48. The Morgan fingerprint density at radius 2 is 2.00 bits per heavy atom. The van der Waals surface area contributed by atoms with Crippen LogP contribution in [-0.2, 0) is 19.0 Å². The molecule has 0 aromatic carbocycles. The van der Waals surface area contributed by atoms with Crippen LogP contribution >= 0.6 is 0 Å². The Kier molecular flexibility index (Phi) is 7.89. The van der Waals surface area contributed by atoms with Crippen LogP contribution < -0.4 is 10.2 Å². The number of esters is 1. The quantitative estimate of drug-likeness (QED) is 0.277. The molecule has 0 radical (unpaired) electrons. The average Bonchev–Trinajstić information content (AvgIpc) is 3.44. The van der Waals surface area contributed by atoms with Gasteiger partial charge < -0.3 is 34.6 Å². The van der Waals surface area contributed by atoms with Gasteiger partial charge in [-0.1, -0.05) is 32.1 Å². The molecular formula is C29H48N2O6+2. The molecule has 4 bridgehead atoms. The van der Waals surface area contributed by atoms with Gasteiger partial charge in [0.1, 0.15) is 36.9 Å². The number of hydrogen-bond donors (Lipinski definition) is 4. The zero-order valence-electron chi connectivity index (χ0n) is 23.1. The lowest BCUT2D eigenvalue weighted by atomic mass is 9.57. The lowest BCUT2D eigenvalue weighted by Crippen LogP contribution is -3.13. The number of aliphatic hydroxyl groups excluding tert-OH is 2. The van der Waals surface area contributed by atoms with Crippen LogP contribution in [0, 0.1) is 29.6 Å². The van der Waals surface area contributed by atoms with Crippen molar-refractivity contribution in [2.24, 2.45) is 29.6 Å². The van der Waals surface area contributed by atoms with Crippen LogP contribution in [-0.4, -0.2) is 91.6 Å². The van der Waals surface area contributed by atoms with Crippen molar-refractivity contribution in [2.45, 2.75) is 89.1 Å². The van der Waals surface area contributed by atoms with Crippen LogP contribution in [0.3, 0.4) is 0 Å². The molecule has 37 heavy (non-hydrogen) atoms. The SMILES string of the molecule is CO[C@H]1C[C@H]2C=C[C@H]3[C@H]4O[C@]2(/C(C)=C/[C@@H](C)[C@@H]([C@@H](C)O)OC1=O)[C@@H]3[C@H](O)C(C)[C@@H]4[NH2+]CC[NH+]1CCCC1. The molecular weight excluding hydrogens is 472 g/mol. The first-order chi connectivity index (χ1) is 17.7. The molecule has 2 aliphatic carbocycles. The molecule has 8 nitrogen and oxygen atoms in total. The number of rotatable bonds is 6. The van der Waals surface area contributed by atoms with Crippen molar-refractivity contribution >= 4 is 5.97 Å². The summed E-state index contributed by atoms with van der Waals surface area (Å²) in [6.07, 6.45) is 6.82. The van der Waals surface area contributed by atoms with Gasteiger partial charge in [-0.05, 0) is 25.8 Å². The molecule has 8 heteroatoms. The van der Waals surface area contributed by atoms with Gasteiger partial charge in [0.2, 0.25) is 0 Å². The normalized spacial score (nSPS) is 48.2. The van der Waals surface area contributed by atoms with E-state index in [1.807, 2.05) is 6.92 Å². The second kappa shape index (κ2) is 10.7. The molecule has 12 atom stereocenters. The molecule has 208 valence electrons. The lowest BCUT2D eigenvalue weighted by molar-refractivity contribution is -0.903. The van der Waals surface area contributed by atoms with E-state index >= 15 is 0 Å². The van der Waals surface area contributed by atoms with Crippen molar-refractivity contribution in [2.75, 3.05) is 33.3 Å². The highest BCUT2D eigenvalue weighted by molar-refractivity contribution is 5.75. The van der Waals surface area contributed by atoms with Gasteiger partial charge in [-0.15, -0.1) is 0 Å². The largest absolute Gasteiger partial charge is 0.457 e. The van der Waals surface area contributed by atoms with Gasteiger partial charge in [0.15, 0.2) is 6.10 Å². The topological polar surface area (TPSA) is 106 Å². The van der Waals surface area contributed by atoms with Crippen LogP contribution in [0.1, 0.15) is 47.0 Å². The number of likely N-dealkylation sites (tertiary alicyclic amines) is 1. The Bertz CT molecular complexity index is 901. The first-order valence-corrected chi connectivity index (χ1v) is 14.5. The van der Waals surface area contributed by atoms with E-state index in [-0.39, 0.29) is 41.7 Å². The van der Waals surface area contributed by atoms with Gasteiger partial charge in [-0.25, -0.2) is 4.79 Å². The smallest absolute Gasteiger partial charge is 0.335 e. The van der Waals surface area contributed by atoms with E-state index in [0.717, 1.165) is 18.7 Å². The zero-order valence-corrected chi connectivity index (χ0v) is 23.1. The molecule has 0 aromatic heterocycles. The number of methoxy groups -OCH3 is 1. The molecule has 1 unspecified atom stereocenters. The first kappa shape index (κ1) is 27.3. The average molecular weight is 521 g/mol. The molecule has 5 rings (SSSR count). The fraction of sp³-hybridized carbons (Fsp3) is 0.828. The highest BCUT2D eigenvalue weighted by Crippen LogP contribution is 2.60. The van der Waals surface area contributed by atoms with Crippen LogP contribution in [0.2, 0.25) is 0 Å². The number of carbonyl (C=O) groups excluding carboxylic acids is 1. The summed E-state index contributed by atoms with van der Waals surface area (Å²) in [5.74, 6) is -0.659. The zero-order chi connectivity index (χ0) is 26.5. The van der Waals surface area contributed by atoms with E-state index < -0.39 is 36.0 Å². The Morgan fingerprint density at radius 1 is 1.27 bits per heavy atom. The number of carbonyl (C=O) groups is 1. The van der Waals surface area contributed by atoms with Crippen LogP contribution in [0.5, 0.6) is 0 Å². The number of nitrogens with one attached hydrogen (secondary N) is 1. The van der Waals surface area contributed by atoms with Gasteiger partial charge in [-0.2, -0.15) is 0 Å². The molecule has 0 aromatic rings. The molecule has 0 amide bonds. The molecule has 3 aliphatic heterocycles. The maximum absolute atomic E-state index is 13.1. The predicted molar refractivity (Wildman–Crippen MR) is 138 cm³/mol. The van der Waals surface area contributed by atoms with E-state index in [1.165, 1.54) is 33.0 Å². The minimum absolute atomic E-state index is 0.000309. The first-order valence-electron chi connectivity index (χ1n) is 14.5. The van der Waals surface area contributed by atoms with Crippen molar-refractivity contribution < 1.29 is 39.4 Å². The maximum atomic E-state index is 13.1. The Labute approximate surface area is 221 Å². The standard InChI is InChI=1S/C29H46N2O6/c1-16-14-17(2)29-20(15-22(35-5)28(34)36-26(16)19(4)32)8-9-21-23(29)25(33)18(3)24(27(21)37-29)30-10-13-31-11-6-7-12-31/h8-9,14,16,18-27,30,32-33H,6-7,10-13,15H2,1-5H3/p+2/b17-14+/t16-,18?,19-,20-,21-,22+,23+,24+,25-,26+,27-,29+/m1/s1. The number of cyclic esters (lactones) is 1. The van der Waals surface area contributed by atoms with E-state index in [9.17, 15) is 15.0 Å². The van der Waals surface area contributed by atoms with E-state index in [1.54, 1.807) is 11.8 Å². The third-order valence-corrected chi connectivity index (χ3v) is 10.3. The second-order valence-corrected chi connectivity index (χ2v) is 12.4. The number of aliphatic hydroxyl groups is 2. The third kappa shape index (κ3) is 4.61. The van der Waals surface area contributed by atoms with E-state index in [4.69, 9.17) is 14.2 Å². The monoisotopic (exact) mass is 520 g/mol. The summed E-state index contributed by atoms with van der Waals surface area (Å²) in [7, 11) is 1.53. The second-order valence-electron chi connectivity index (χ2n) is 12.4. The van der Waals surface area contributed by atoms with E-state index in [2.05, 4.69) is 37.4 Å². The van der Waals surface area contributed by atoms with Crippen LogP contribution in [0.15, 0.2) is 23.8 Å². The third-order valence-electron chi connectivity index (χ3n) is 10.3. The van der Waals surface area contributed by atoms with Gasteiger partial charge in [0.05, 0.1) is 25.3 Å². The summed E-state index contributed by atoms with van der Waals surface area (Å²) in [5.41, 5.74) is 0.339.